The van der Waals surface area contributed by atoms with Gasteiger partial charge < -0.3 is 19.2 Å². The van der Waals surface area contributed by atoms with Crippen LogP contribution in [0.2, 0.25) is 0 Å². The van der Waals surface area contributed by atoms with E-state index in [-0.39, 0.29) is 17.7 Å². The first-order valence-electron chi connectivity index (χ1n) is 7.70. The molecule has 1 N–H and O–H groups in total. The van der Waals surface area contributed by atoms with Gasteiger partial charge in [-0.25, -0.2) is 0 Å². The Kier molecular flexibility index (Phi) is 3.80. The number of phenols is 1. The third-order valence-electron chi connectivity index (χ3n) is 4.51. The SMILES string of the molecule is COc1cc2c(cc1O)CCN(C(=O)c1cc(C)oc1C)C2C. The first-order chi connectivity index (χ1) is 10.9. The second kappa shape index (κ2) is 5.65. The molecule has 5 nitrogen and oxygen atoms in total. The summed E-state index contributed by atoms with van der Waals surface area (Å²) in [5.41, 5.74) is 2.68. The second-order valence-electron chi connectivity index (χ2n) is 5.97. The number of phenolic OH excluding ortho intramolecular Hbond substituents is 1. The molecule has 0 fully saturated rings. The lowest BCUT2D eigenvalue weighted by atomic mass is 9.92. The van der Waals surface area contributed by atoms with Gasteiger partial charge in [0.15, 0.2) is 11.5 Å². The third-order valence-corrected chi connectivity index (χ3v) is 4.51. The average molecular weight is 315 g/mol. The predicted octanol–water partition coefficient (Wildman–Crippen LogP) is 3.37. The lowest BCUT2D eigenvalue weighted by Gasteiger charge is -2.35. The third kappa shape index (κ3) is 2.56. The summed E-state index contributed by atoms with van der Waals surface area (Å²) in [6.07, 6.45) is 0.707. The molecular weight excluding hydrogens is 294 g/mol. The van der Waals surface area contributed by atoms with Gasteiger partial charge in [-0.05, 0) is 56.5 Å². The van der Waals surface area contributed by atoms with Crippen molar-refractivity contribution in [2.45, 2.75) is 33.2 Å². The molecule has 2 heterocycles. The zero-order valence-electron chi connectivity index (χ0n) is 13.8. The highest BCUT2D eigenvalue weighted by molar-refractivity contribution is 5.95. The first kappa shape index (κ1) is 15.5. The van der Waals surface area contributed by atoms with E-state index in [0.717, 1.165) is 16.9 Å². The molecule has 0 radical (unpaired) electrons. The molecule has 0 bridgehead atoms. The van der Waals surface area contributed by atoms with Crippen molar-refractivity contribution < 1.29 is 19.1 Å². The normalized spacial score (nSPS) is 17.0. The zero-order chi connectivity index (χ0) is 16.7. The van der Waals surface area contributed by atoms with Gasteiger partial charge in [-0.2, -0.15) is 0 Å². The van der Waals surface area contributed by atoms with Crippen molar-refractivity contribution in [1.82, 2.24) is 4.90 Å². The summed E-state index contributed by atoms with van der Waals surface area (Å²) in [4.78, 5) is 14.7. The number of ether oxygens (including phenoxy) is 1. The standard InChI is InChI=1S/C18H21NO4/c1-10-7-15(12(3)23-10)18(21)19-6-5-13-8-16(20)17(22-4)9-14(13)11(19)2/h7-9,11,20H,5-6H2,1-4H3. The van der Waals surface area contributed by atoms with Gasteiger partial charge in [0, 0.05) is 6.54 Å². The molecule has 1 aromatic heterocycles. The van der Waals surface area contributed by atoms with Crippen molar-refractivity contribution in [3.63, 3.8) is 0 Å². The fourth-order valence-electron chi connectivity index (χ4n) is 3.27. The van der Waals surface area contributed by atoms with Gasteiger partial charge in [-0.15, -0.1) is 0 Å². The number of hydrogen-bond donors (Lipinski definition) is 1. The van der Waals surface area contributed by atoms with Gasteiger partial charge in [0.25, 0.3) is 5.91 Å². The number of benzene rings is 1. The number of methoxy groups -OCH3 is 1. The summed E-state index contributed by atoms with van der Waals surface area (Å²) >= 11 is 0. The fraction of sp³-hybridized carbons (Fsp3) is 0.389. The topological polar surface area (TPSA) is 62.9 Å². The van der Waals surface area contributed by atoms with E-state index in [2.05, 4.69) is 0 Å². The first-order valence-corrected chi connectivity index (χ1v) is 7.70. The van der Waals surface area contributed by atoms with Gasteiger partial charge in [0.2, 0.25) is 0 Å². The van der Waals surface area contributed by atoms with Crippen LogP contribution in [-0.2, 0) is 6.42 Å². The Morgan fingerprint density at radius 3 is 2.70 bits per heavy atom. The van der Waals surface area contributed by atoms with Crippen LogP contribution in [0.3, 0.4) is 0 Å². The molecule has 0 aliphatic carbocycles. The number of fused-ring (bicyclic) bond motifs is 1. The molecule has 1 aromatic carbocycles. The number of furan rings is 1. The number of carbonyl (C=O) groups is 1. The van der Waals surface area contributed by atoms with E-state index in [4.69, 9.17) is 9.15 Å². The molecule has 122 valence electrons. The van der Waals surface area contributed by atoms with E-state index in [9.17, 15) is 9.90 Å². The maximum absolute atomic E-state index is 12.9. The number of carbonyl (C=O) groups excluding carboxylic acids is 1. The van der Waals surface area contributed by atoms with Crippen LogP contribution in [0.5, 0.6) is 11.5 Å². The minimum atomic E-state index is -0.0876. The molecule has 1 amide bonds. The number of aryl methyl sites for hydroxylation is 2. The van der Waals surface area contributed by atoms with E-state index in [0.29, 0.717) is 30.0 Å². The van der Waals surface area contributed by atoms with Crippen LogP contribution in [0.4, 0.5) is 0 Å². The highest BCUT2D eigenvalue weighted by Crippen LogP contribution is 2.38. The minimum absolute atomic E-state index is 0.0236. The van der Waals surface area contributed by atoms with Crippen molar-refractivity contribution >= 4 is 5.91 Å². The number of nitrogens with zero attached hydrogens (tertiary/aromatic N) is 1. The molecule has 3 rings (SSSR count). The molecule has 0 spiro atoms. The number of aromatic hydroxyl groups is 1. The maximum atomic E-state index is 12.9. The van der Waals surface area contributed by atoms with Crippen molar-refractivity contribution in [3.8, 4) is 11.5 Å². The molecular formula is C18H21NO4. The summed E-state index contributed by atoms with van der Waals surface area (Å²) in [5.74, 6) is 1.93. The minimum Gasteiger partial charge on any atom is -0.504 e. The van der Waals surface area contributed by atoms with Gasteiger partial charge in [0.1, 0.15) is 11.5 Å². The smallest absolute Gasteiger partial charge is 0.257 e. The molecule has 0 saturated carbocycles. The lowest BCUT2D eigenvalue weighted by molar-refractivity contribution is 0.0675. The summed E-state index contributed by atoms with van der Waals surface area (Å²) in [6.45, 7) is 6.26. The molecule has 1 aliphatic rings. The van der Waals surface area contributed by atoms with E-state index < -0.39 is 0 Å². The van der Waals surface area contributed by atoms with Crippen LogP contribution in [-0.4, -0.2) is 29.6 Å². The largest absolute Gasteiger partial charge is 0.504 e. The summed E-state index contributed by atoms with van der Waals surface area (Å²) in [7, 11) is 1.52. The van der Waals surface area contributed by atoms with Gasteiger partial charge in [0.05, 0.1) is 18.7 Å². The predicted molar refractivity (Wildman–Crippen MR) is 86.0 cm³/mol. The summed E-state index contributed by atoms with van der Waals surface area (Å²) in [6, 6.07) is 5.26. The monoisotopic (exact) mass is 315 g/mol. The fourth-order valence-corrected chi connectivity index (χ4v) is 3.27. The number of amides is 1. The van der Waals surface area contributed by atoms with Crippen molar-refractivity contribution in [3.05, 3.63) is 46.4 Å². The Hall–Kier alpha value is -2.43. The van der Waals surface area contributed by atoms with Crippen LogP contribution in [0.25, 0.3) is 0 Å². The molecule has 1 aliphatic heterocycles. The summed E-state index contributed by atoms with van der Waals surface area (Å²) in [5, 5.41) is 9.93. The molecule has 5 heteroatoms. The van der Waals surface area contributed by atoms with Gasteiger partial charge >= 0.3 is 0 Å². The van der Waals surface area contributed by atoms with Crippen molar-refractivity contribution in [2.75, 3.05) is 13.7 Å². The van der Waals surface area contributed by atoms with Gasteiger partial charge in [-0.3, -0.25) is 4.79 Å². The Morgan fingerprint density at radius 2 is 2.09 bits per heavy atom. The molecule has 2 aromatic rings. The van der Waals surface area contributed by atoms with E-state index in [1.807, 2.05) is 31.7 Å². The van der Waals surface area contributed by atoms with Crippen molar-refractivity contribution in [2.24, 2.45) is 0 Å². The number of hydrogen-bond acceptors (Lipinski definition) is 4. The molecule has 1 atom stereocenters. The molecule has 23 heavy (non-hydrogen) atoms. The quantitative estimate of drug-likeness (QED) is 0.923. The highest BCUT2D eigenvalue weighted by atomic mass is 16.5. The van der Waals surface area contributed by atoms with Crippen LogP contribution in [0.1, 0.15) is 46.0 Å². The number of rotatable bonds is 2. The van der Waals surface area contributed by atoms with Crippen LogP contribution >= 0.6 is 0 Å². The Morgan fingerprint density at radius 1 is 1.35 bits per heavy atom. The zero-order valence-corrected chi connectivity index (χ0v) is 13.8. The lowest BCUT2D eigenvalue weighted by Crippen LogP contribution is -2.39. The van der Waals surface area contributed by atoms with Crippen LogP contribution in [0, 0.1) is 13.8 Å². The van der Waals surface area contributed by atoms with Crippen LogP contribution in [0.15, 0.2) is 22.6 Å². The van der Waals surface area contributed by atoms with Crippen molar-refractivity contribution in [1.29, 1.82) is 0 Å². The Balaban J connectivity index is 1.95. The van der Waals surface area contributed by atoms with E-state index >= 15 is 0 Å². The Labute approximate surface area is 135 Å². The van der Waals surface area contributed by atoms with Gasteiger partial charge in [-0.1, -0.05) is 0 Å². The maximum Gasteiger partial charge on any atom is 0.257 e. The Bertz CT molecular complexity index is 763. The van der Waals surface area contributed by atoms with E-state index in [1.54, 1.807) is 12.1 Å². The second-order valence-corrected chi connectivity index (χ2v) is 5.97. The summed E-state index contributed by atoms with van der Waals surface area (Å²) < 4.78 is 10.7. The molecule has 1 unspecified atom stereocenters. The van der Waals surface area contributed by atoms with Crippen LogP contribution < -0.4 is 4.74 Å². The molecule has 0 saturated heterocycles. The van der Waals surface area contributed by atoms with E-state index in [1.165, 1.54) is 7.11 Å². The average Bonchev–Trinajstić information content (AvgIpc) is 2.85. The highest BCUT2D eigenvalue weighted by Gasteiger charge is 2.31.